The van der Waals surface area contributed by atoms with Crippen molar-refractivity contribution in [3.05, 3.63) is 50.6 Å². The van der Waals surface area contributed by atoms with Gasteiger partial charge in [0.2, 0.25) is 5.13 Å². The monoisotopic (exact) mass is 485 g/mol. The average Bonchev–Trinajstić information content (AvgIpc) is 3.35. The lowest BCUT2D eigenvalue weighted by Gasteiger charge is -2.13. The lowest BCUT2D eigenvalue weighted by molar-refractivity contribution is -0.00753. The first-order valence-corrected chi connectivity index (χ1v) is 10.4. The van der Waals surface area contributed by atoms with E-state index >= 15 is 0 Å². The zero-order valence-corrected chi connectivity index (χ0v) is 18.5. The Kier molecular flexibility index (Phi) is 7.48. The number of aromatic amines is 1. The number of rotatable bonds is 4. The van der Waals surface area contributed by atoms with Crippen molar-refractivity contribution in [1.29, 1.82) is 0 Å². The third-order valence-electron chi connectivity index (χ3n) is 4.21. The number of pyridine rings is 2. The Bertz CT molecular complexity index is 1160. The summed E-state index contributed by atoms with van der Waals surface area (Å²) < 4.78 is 33.4. The number of nitrogens with zero attached hydrogens (tertiary/aromatic N) is 3. The van der Waals surface area contributed by atoms with Crippen LogP contribution in [0.3, 0.4) is 0 Å². The van der Waals surface area contributed by atoms with E-state index in [1.807, 2.05) is 0 Å². The number of amides is 1. The first kappa shape index (κ1) is 23.7. The fourth-order valence-electron chi connectivity index (χ4n) is 2.72. The van der Waals surface area contributed by atoms with E-state index < -0.39 is 11.8 Å². The molecular weight excluding hydrogens is 468 g/mol. The molecule has 1 saturated heterocycles. The Morgan fingerprint density at radius 3 is 2.66 bits per heavy atom. The molecule has 0 saturated carbocycles. The van der Waals surface area contributed by atoms with Crippen molar-refractivity contribution in [2.24, 2.45) is 0 Å². The highest BCUT2D eigenvalue weighted by Crippen LogP contribution is 2.34. The number of nitrogens with one attached hydrogen (secondary N) is 2. The van der Waals surface area contributed by atoms with Crippen LogP contribution in [0.2, 0.25) is 5.15 Å². The lowest BCUT2D eigenvalue weighted by Crippen LogP contribution is -2.14. The predicted octanol–water partition coefficient (Wildman–Crippen LogP) is 3.55. The fraction of sp³-hybridized carbons (Fsp3) is 0.316. The van der Waals surface area contributed by atoms with Gasteiger partial charge in [0.15, 0.2) is 0 Å². The van der Waals surface area contributed by atoms with Gasteiger partial charge < -0.3 is 9.47 Å². The standard InChI is InChI=1S/C15H12ClN5O3S.C4H6F2O/c1-7-3-8(9-4-12(16)18-6-11(9)24-2)10(5-17-7)13(22)19-14-20-21-15(23)25-14;5-4(6)1-2-7-3-4/h3-6H,1-2H3,(H,21,23)(H,19,20,22);1-3H2. The van der Waals surface area contributed by atoms with E-state index in [4.69, 9.17) is 16.3 Å². The van der Waals surface area contributed by atoms with Crippen LogP contribution in [0, 0.1) is 6.92 Å². The highest BCUT2D eigenvalue weighted by atomic mass is 35.5. The van der Waals surface area contributed by atoms with Gasteiger partial charge >= 0.3 is 4.87 Å². The maximum Gasteiger partial charge on any atom is 0.324 e. The van der Waals surface area contributed by atoms with Crippen molar-refractivity contribution in [2.45, 2.75) is 19.3 Å². The Labute approximate surface area is 189 Å². The molecule has 0 radical (unpaired) electrons. The van der Waals surface area contributed by atoms with Gasteiger partial charge in [-0.2, -0.15) is 0 Å². The predicted molar refractivity (Wildman–Crippen MR) is 115 cm³/mol. The number of carbonyl (C=O) groups is 1. The van der Waals surface area contributed by atoms with Gasteiger partial charge in [-0.3, -0.25) is 19.9 Å². The van der Waals surface area contributed by atoms with E-state index in [2.05, 4.69) is 30.2 Å². The third-order valence-corrected chi connectivity index (χ3v) is 5.08. The number of carbonyl (C=O) groups excluding carboxylic acids is 1. The van der Waals surface area contributed by atoms with Gasteiger partial charge in [-0.1, -0.05) is 11.6 Å². The molecule has 3 aromatic heterocycles. The molecule has 9 nitrogen and oxygen atoms in total. The van der Waals surface area contributed by atoms with Crippen LogP contribution in [0.1, 0.15) is 22.5 Å². The molecule has 0 bridgehead atoms. The minimum absolute atomic E-state index is 0.104. The quantitative estimate of drug-likeness (QED) is 0.542. The van der Waals surface area contributed by atoms with E-state index in [-0.39, 0.29) is 40.4 Å². The highest BCUT2D eigenvalue weighted by molar-refractivity contribution is 7.13. The normalized spacial score (nSPS) is 14.4. The molecule has 0 spiro atoms. The second-order valence-electron chi connectivity index (χ2n) is 6.61. The SMILES string of the molecule is COc1cnc(Cl)cc1-c1cc(C)ncc1C(=O)Nc1n[nH]c(=O)s1.FC1(F)CCOC1. The van der Waals surface area contributed by atoms with Crippen LogP contribution >= 0.6 is 22.9 Å². The van der Waals surface area contributed by atoms with Crippen molar-refractivity contribution < 1.29 is 23.0 Å². The van der Waals surface area contributed by atoms with Gasteiger partial charge in [-0.05, 0) is 30.4 Å². The molecule has 0 unspecified atom stereocenters. The molecule has 1 fully saturated rings. The molecule has 4 rings (SSSR count). The zero-order valence-electron chi connectivity index (χ0n) is 16.9. The van der Waals surface area contributed by atoms with Gasteiger partial charge in [0.25, 0.3) is 11.8 Å². The van der Waals surface area contributed by atoms with E-state index in [0.29, 0.717) is 22.6 Å². The molecule has 1 amide bonds. The van der Waals surface area contributed by atoms with E-state index in [1.165, 1.54) is 19.5 Å². The number of alkyl halides is 2. The molecule has 0 aliphatic carbocycles. The summed E-state index contributed by atoms with van der Waals surface area (Å²) in [6, 6.07) is 3.36. The summed E-state index contributed by atoms with van der Waals surface area (Å²) in [6.07, 6.45) is 2.82. The van der Waals surface area contributed by atoms with Crippen LogP contribution < -0.4 is 14.9 Å². The van der Waals surface area contributed by atoms with E-state index in [0.717, 1.165) is 11.3 Å². The van der Waals surface area contributed by atoms with Crippen molar-refractivity contribution in [2.75, 3.05) is 25.6 Å². The number of ether oxygens (including phenoxy) is 2. The van der Waals surface area contributed by atoms with E-state index in [9.17, 15) is 18.4 Å². The van der Waals surface area contributed by atoms with Crippen LogP contribution in [0.15, 0.2) is 29.3 Å². The molecule has 1 aliphatic rings. The van der Waals surface area contributed by atoms with Crippen LogP contribution in [0.4, 0.5) is 13.9 Å². The smallest absolute Gasteiger partial charge is 0.324 e. The first-order chi connectivity index (χ1) is 15.2. The lowest BCUT2D eigenvalue weighted by atomic mass is 10.0. The summed E-state index contributed by atoms with van der Waals surface area (Å²) in [6.45, 7) is 1.64. The summed E-state index contributed by atoms with van der Waals surface area (Å²) in [7, 11) is 1.50. The molecule has 0 aromatic carbocycles. The molecule has 170 valence electrons. The van der Waals surface area contributed by atoms with Crippen molar-refractivity contribution in [1.82, 2.24) is 20.2 Å². The maximum absolute atomic E-state index is 12.6. The van der Waals surface area contributed by atoms with Gasteiger partial charge in [0.05, 0.1) is 25.5 Å². The molecule has 1 aliphatic heterocycles. The summed E-state index contributed by atoms with van der Waals surface area (Å²) in [5.41, 5.74) is 2.18. The van der Waals surface area contributed by atoms with Gasteiger partial charge in [-0.15, -0.1) is 5.10 Å². The van der Waals surface area contributed by atoms with Crippen LogP contribution in [0.25, 0.3) is 11.1 Å². The molecule has 4 heterocycles. The van der Waals surface area contributed by atoms with Crippen molar-refractivity contribution in [3.8, 4) is 16.9 Å². The van der Waals surface area contributed by atoms with Crippen LogP contribution in [-0.2, 0) is 4.74 Å². The Hall–Kier alpha value is -2.96. The first-order valence-electron chi connectivity index (χ1n) is 9.17. The van der Waals surface area contributed by atoms with Crippen LogP contribution in [-0.4, -0.2) is 52.3 Å². The van der Waals surface area contributed by atoms with Crippen molar-refractivity contribution in [3.63, 3.8) is 0 Å². The number of H-pyrrole nitrogens is 1. The molecule has 13 heteroatoms. The number of anilines is 1. The number of aryl methyl sites for hydroxylation is 1. The second-order valence-corrected chi connectivity index (χ2v) is 7.96. The van der Waals surface area contributed by atoms with Gasteiger partial charge in [0, 0.05) is 29.4 Å². The van der Waals surface area contributed by atoms with Gasteiger partial charge in [0.1, 0.15) is 17.5 Å². The molecule has 0 atom stereocenters. The zero-order chi connectivity index (χ0) is 23.3. The summed E-state index contributed by atoms with van der Waals surface area (Å²) in [5, 5.41) is 8.97. The number of methoxy groups -OCH3 is 1. The summed E-state index contributed by atoms with van der Waals surface area (Å²) in [5.74, 6) is -2.52. The number of hydrogen-bond donors (Lipinski definition) is 2. The second kappa shape index (κ2) is 10.1. The minimum atomic E-state index is -2.53. The third kappa shape index (κ3) is 6.05. The number of halogens is 3. The fourth-order valence-corrected chi connectivity index (χ4v) is 3.38. The highest BCUT2D eigenvalue weighted by Gasteiger charge is 2.33. The Morgan fingerprint density at radius 2 is 2.09 bits per heavy atom. The van der Waals surface area contributed by atoms with Gasteiger partial charge in [-0.25, -0.2) is 18.9 Å². The summed E-state index contributed by atoms with van der Waals surface area (Å²) >= 11 is 6.79. The molecule has 3 aromatic rings. The number of aromatic nitrogens is 4. The molecule has 2 N–H and O–H groups in total. The number of hydrogen-bond acceptors (Lipinski definition) is 8. The largest absolute Gasteiger partial charge is 0.494 e. The maximum atomic E-state index is 12.6. The Balaban J connectivity index is 0.000000352. The van der Waals surface area contributed by atoms with Crippen molar-refractivity contribution >= 4 is 34.0 Å². The van der Waals surface area contributed by atoms with Crippen LogP contribution in [0.5, 0.6) is 5.75 Å². The Morgan fingerprint density at radius 1 is 1.31 bits per heavy atom. The molecular formula is C19H18ClF2N5O4S. The topological polar surface area (TPSA) is 119 Å². The van der Waals surface area contributed by atoms with E-state index in [1.54, 1.807) is 19.1 Å². The minimum Gasteiger partial charge on any atom is -0.494 e. The summed E-state index contributed by atoms with van der Waals surface area (Å²) in [4.78, 5) is 31.6. The molecule has 32 heavy (non-hydrogen) atoms. The average molecular weight is 486 g/mol.